The lowest BCUT2D eigenvalue weighted by molar-refractivity contribution is -0.144. The van der Waals surface area contributed by atoms with Crippen LogP contribution < -0.4 is 4.74 Å². The molecule has 0 fully saturated rings. The standard InChI is InChI=1S/C12H13ClN4O3/c1-2-19-12(18)7-17-11(14-15-16-17)8-20-10-6-4-3-5-9(10)13/h3-6H,2,7-8H2,1H3. The van der Waals surface area contributed by atoms with Crippen LogP contribution in [-0.4, -0.2) is 32.8 Å². The highest BCUT2D eigenvalue weighted by molar-refractivity contribution is 6.32. The van der Waals surface area contributed by atoms with Crippen molar-refractivity contribution in [3.8, 4) is 5.75 Å². The van der Waals surface area contributed by atoms with Crippen LogP contribution in [0.15, 0.2) is 24.3 Å². The predicted molar refractivity (Wildman–Crippen MR) is 70.2 cm³/mol. The Balaban J connectivity index is 1.99. The zero-order valence-electron chi connectivity index (χ0n) is 10.8. The summed E-state index contributed by atoms with van der Waals surface area (Å²) in [6.07, 6.45) is 0. The highest BCUT2D eigenvalue weighted by atomic mass is 35.5. The first-order chi connectivity index (χ1) is 9.70. The van der Waals surface area contributed by atoms with Crippen molar-refractivity contribution in [3.63, 3.8) is 0 Å². The average Bonchev–Trinajstić information content (AvgIpc) is 2.85. The fraction of sp³-hybridized carbons (Fsp3) is 0.333. The summed E-state index contributed by atoms with van der Waals surface area (Å²) in [5.41, 5.74) is 0. The fourth-order valence-electron chi connectivity index (χ4n) is 1.48. The van der Waals surface area contributed by atoms with Crippen molar-refractivity contribution < 1.29 is 14.3 Å². The molecule has 1 heterocycles. The Morgan fingerprint density at radius 1 is 1.40 bits per heavy atom. The Labute approximate surface area is 120 Å². The molecule has 0 aliphatic rings. The van der Waals surface area contributed by atoms with E-state index in [9.17, 15) is 4.79 Å². The lowest BCUT2D eigenvalue weighted by Gasteiger charge is -2.07. The molecule has 2 aromatic rings. The third-order valence-corrected chi connectivity index (χ3v) is 2.70. The molecule has 0 aliphatic heterocycles. The molecule has 0 aliphatic carbocycles. The number of ether oxygens (including phenoxy) is 2. The van der Waals surface area contributed by atoms with E-state index in [4.69, 9.17) is 21.1 Å². The molecule has 20 heavy (non-hydrogen) atoms. The van der Waals surface area contributed by atoms with Gasteiger partial charge in [-0.2, -0.15) is 0 Å². The molecule has 0 bridgehead atoms. The molecule has 2 rings (SSSR count). The minimum atomic E-state index is -0.404. The van der Waals surface area contributed by atoms with Crippen molar-refractivity contribution in [2.24, 2.45) is 0 Å². The number of halogens is 1. The zero-order chi connectivity index (χ0) is 14.4. The number of carbonyl (C=O) groups is 1. The first-order valence-electron chi connectivity index (χ1n) is 5.98. The number of para-hydroxylation sites is 1. The van der Waals surface area contributed by atoms with E-state index in [1.165, 1.54) is 4.68 Å². The number of hydrogen-bond acceptors (Lipinski definition) is 6. The van der Waals surface area contributed by atoms with Gasteiger partial charge in [-0.15, -0.1) is 5.10 Å². The summed E-state index contributed by atoms with van der Waals surface area (Å²) in [4.78, 5) is 11.4. The quantitative estimate of drug-likeness (QED) is 0.751. The fourth-order valence-corrected chi connectivity index (χ4v) is 1.67. The minimum Gasteiger partial charge on any atom is -0.484 e. The highest BCUT2D eigenvalue weighted by Gasteiger charge is 2.12. The number of benzene rings is 1. The summed E-state index contributed by atoms with van der Waals surface area (Å²) in [7, 11) is 0. The van der Waals surface area contributed by atoms with E-state index in [0.29, 0.717) is 23.2 Å². The molecule has 0 spiro atoms. The predicted octanol–water partition coefficient (Wildman–Crippen LogP) is 1.47. The maximum absolute atomic E-state index is 11.4. The second-order valence-corrected chi connectivity index (χ2v) is 4.18. The summed E-state index contributed by atoms with van der Waals surface area (Å²) in [6.45, 7) is 2.10. The average molecular weight is 297 g/mol. The SMILES string of the molecule is CCOC(=O)Cn1nnnc1COc1ccccc1Cl. The second kappa shape index (κ2) is 6.85. The Kier molecular flexibility index (Phi) is 4.89. The van der Waals surface area contributed by atoms with E-state index in [1.54, 1.807) is 25.1 Å². The van der Waals surface area contributed by atoms with E-state index in [0.717, 1.165) is 0 Å². The van der Waals surface area contributed by atoms with Gasteiger partial charge in [-0.1, -0.05) is 23.7 Å². The van der Waals surface area contributed by atoms with Gasteiger partial charge in [0.2, 0.25) is 0 Å². The minimum absolute atomic E-state index is 0.0535. The van der Waals surface area contributed by atoms with Crippen LogP contribution in [0.4, 0.5) is 0 Å². The normalized spacial score (nSPS) is 10.3. The molecule has 1 aromatic carbocycles. The van der Waals surface area contributed by atoms with Gasteiger partial charge in [0.15, 0.2) is 5.82 Å². The highest BCUT2D eigenvalue weighted by Crippen LogP contribution is 2.23. The van der Waals surface area contributed by atoms with Crippen molar-refractivity contribution in [2.75, 3.05) is 6.61 Å². The molecule has 0 unspecified atom stereocenters. The van der Waals surface area contributed by atoms with E-state index in [-0.39, 0.29) is 13.2 Å². The number of tetrazole rings is 1. The third-order valence-electron chi connectivity index (χ3n) is 2.38. The van der Waals surface area contributed by atoms with Crippen molar-refractivity contribution in [2.45, 2.75) is 20.1 Å². The molecule has 0 saturated carbocycles. The number of hydrogen-bond donors (Lipinski definition) is 0. The Bertz CT molecular complexity index is 588. The molecule has 106 valence electrons. The lowest BCUT2D eigenvalue weighted by atomic mass is 10.3. The monoisotopic (exact) mass is 296 g/mol. The van der Waals surface area contributed by atoms with Gasteiger partial charge in [-0.05, 0) is 29.5 Å². The summed E-state index contributed by atoms with van der Waals surface area (Å²) in [6, 6.07) is 7.07. The number of nitrogens with zero attached hydrogens (tertiary/aromatic N) is 4. The van der Waals surface area contributed by atoms with Crippen molar-refractivity contribution in [1.29, 1.82) is 0 Å². The van der Waals surface area contributed by atoms with Crippen LogP contribution in [0.2, 0.25) is 5.02 Å². The molecule has 0 saturated heterocycles. The van der Waals surface area contributed by atoms with Gasteiger partial charge in [-0.25, -0.2) is 4.68 Å². The van der Waals surface area contributed by atoms with Crippen LogP contribution in [0.5, 0.6) is 5.75 Å². The smallest absolute Gasteiger partial charge is 0.327 e. The number of carbonyl (C=O) groups excluding carboxylic acids is 1. The van der Waals surface area contributed by atoms with Gasteiger partial charge in [-0.3, -0.25) is 4.79 Å². The topological polar surface area (TPSA) is 79.1 Å². The summed E-state index contributed by atoms with van der Waals surface area (Å²) >= 11 is 5.97. The summed E-state index contributed by atoms with van der Waals surface area (Å²) in [5, 5.41) is 11.5. The molecule has 0 radical (unpaired) electrons. The second-order valence-electron chi connectivity index (χ2n) is 3.78. The van der Waals surface area contributed by atoms with Gasteiger partial charge in [0.05, 0.1) is 11.6 Å². The molecular weight excluding hydrogens is 284 g/mol. The van der Waals surface area contributed by atoms with E-state index in [2.05, 4.69) is 15.5 Å². The lowest BCUT2D eigenvalue weighted by Crippen LogP contribution is -2.17. The number of rotatable bonds is 6. The van der Waals surface area contributed by atoms with Crippen LogP contribution in [-0.2, 0) is 22.7 Å². The first-order valence-corrected chi connectivity index (χ1v) is 6.36. The van der Waals surface area contributed by atoms with Crippen LogP contribution >= 0.6 is 11.6 Å². The van der Waals surface area contributed by atoms with Crippen molar-refractivity contribution in [1.82, 2.24) is 20.2 Å². The molecule has 0 N–H and O–H groups in total. The maximum Gasteiger partial charge on any atom is 0.327 e. The van der Waals surface area contributed by atoms with Gasteiger partial charge in [0, 0.05) is 0 Å². The van der Waals surface area contributed by atoms with Gasteiger partial charge in [0.1, 0.15) is 18.9 Å². The molecule has 8 heteroatoms. The Hall–Kier alpha value is -2.15. The van der Waals surface area contributed by atoms with Crippen molar-refractivity contribution >= 4 is 17.6 Å². The number of esters is 1. The Morgan fingerprint density at radius 3 is 2.95 bits per heavy atom. The van der Waals surface area contributed by atoms with Gasteiger partial charge >= 0.3 is 5.97 Å². The number of aromatic nitrogens is 4. The van der Waals surface area contributed by atoms with Gasteiger partial charge < -0.3 is 9.47 Å². The van der Waals surface area contributed by atoms with Crippen LogP contribution in [0, 0.1) is 0 Å². The van der Waals surface area contributed by atoms with Crippen LogP contribution in [0.1, 0.15) is 12.7 Å². The molecule has 0 atom stereocenters. The third kappa shape index (κ3) is 3.67. The first kappa shape index (κ1) is 14.3. The summed E-state index contributed by atoms with van der Waals surface area (Å²) in [5.74, 6) is 0.539. The summed E-state index contributed by atoms with van der Waals surface area (Å²) < 4.78 is 11.7. The van der Waals surface area contributed by atoms with Crippen molar-refractivity contribution in [3.05, 3.63) is 35.1 Å². The largest absolute Gasteiger partial charge is 0.484 e. The maximum atomic E-state index is 11.4. The zero-order valence-corrected chi connectivity index (χ0v) is 11.6. The molecule has 1 aromatic heterocycles. The Morgan fingerprint density at radius 2 is 2.20 bits per heavy atom. The van der Waals surface area contributed by atoms with Crippen LogP contribution in [0.3, 0.4) is 0 Å². The molecule has 7 nitrogen and oxygen atoms in total. The van der Waals surface area contributed by atoms with Crippen LogP contribution in [0.25, 0.3) is 0 Å². The van der Waals surface area contributed by atoms with E-state index < -0.39 is 5.97 Å². The van der Waals surface area contributed by atoms with E-state index >= 15 is 0 Å². The molecular formula is C12H13ClN4O3. The molecule has 0 amide bonds. The van der Waals surface area contributed by atoms with E-state index in [1.807, 2.05) is 6.07 Å². The van der Waals surface area contributed by atoms with Gasteiger partial charge in [0.25, 0.3) is 0 Å².